The highest BCUT2D eigenvalue weighted by atomic mass is 16.6. The Hall–Kier alpha value is -1.72. The number of ether oxygens (including phenoxy) is 2. The third-order valence-corrected chi connectivity index (χ3v) is 4.09. The molecule has 0 heterocycles. The maximum Gasteiger partial charge on any atom is 0.324 e. The van der Waals surface area contributed by atoms with Crippen LogP contribution in [0.5, 0.6) is 0 Å². The van der Waals surface area contributed by atoms with Crippen molar-refractivity contribution in [3.63, 3.8) is 0 Å². The van der Waals surface area contributed by atoms with E-state index in [0.29, 0.717) is 0 Å². The van der Waals surface area contributed by atoms with Gasteiger partial charge < -0.3 is 9.47 Å². The van der Waals surface area contributed by atoms with Crippen molar-refractivity contribution >= 4 is 23.9 Å². The molecule has 0 unspecified atom stereocenters. The highest BCUT2D eigenvalue weighted by Gasteiger charge is 2.29. The monoisotopic (exact) mass is 296 g/mol. The van der Waals surface area contributed by atoms with Gasteiger partial charge in [-0.3, -0.25) is 19.2 Å². The normalized spacial score (nSPS) is 19.4. The van der Waals surface area contributed by atoms with E-state index in [2.05, 4.69) is 9.47 Å². The number of hydrogen-bond acceptors (Lipinski definition) is 6. The molecule has 2 aliphatic carbocycles. The standard InChI is InChI=1S/C15H20O6/c16-12(20-14(18)10-5-1-2-6-10)9-13(17)21-15(19)11-7-3-4-8-11/h10-11H,1-9H2. The van der Waals surface area contributed by atoms with Crippen LogP contribution in [0.3, 0.4) is 0 Å². The molecule has 0 amide bonds. The van der Waals surface area contributed by atoms with Gasteiger partial charge in [-0.2, -0.15) is 0 Å². The molecule has 2 saturated carbocycles. The van der Waals surface area contributed by atoms with Gasteiger partial charge in [0.2, 0.25) is 0 Å². The average Bonchev–Trinajstić information content (AvgIpc) is 3.12. The van der Waals surface area contributed by atoms with Crippen molar-refractivity contribution in [1.82, 2.24) is 0 Å². The predicted molar refractivity (Wildman–Crippen MR) is 70.7 cm³/mol. The first-order valence-corrected chi connectivity index (χ1v) is 7.55. The highest BCUT2D eigenvalue weighted by molar-refractivity contribution is 5.99. The second kappa shape index (κ2) is 7.33. The molecule has 2 rings (SSSR count). The van der Waals surface area contributed by atoms with Crippen molar-refractivity contribution in [2.24, 2.45) is 11.8 Å². The Morgan fingerprint density at radius 1 is 0.667 bits per heavy atom. The molecule has 0 radical (unpaired) electrons. The summed E-state index contributed by atoms with van der Waals surface area (Å²) in [5.41, 5.74) is 0. The smallest absolute Gasteiger partial charge is 0.324 e. The van der Waals surface area contributed by atoms with Crippen molar-refractivity contribution in [2.45, 2.75) is 57.8 Å². The van der Waals surface area contributed by atoms with Crippen LogP contribution in [0.15, 0.2) is 0 Å². The summed E-state index contributed by atoms with van der Waals surface area (Å²) in [6, 6.07) is 0. The van der Waals surface area contributed by atoms with Crippen LogP contribution >= 0.6 is 0 Å². The van der Waals surface area contributed by atoms with Gasteiger partial charge in [0.25, 0.3) is 0 Å². The number of rotatable bonds is 4. The largest absolute Gasteiger partial charge is 0.393 e. The molecular formula is C15H20O6. The predicted octanol–water partition coefficient (Wildman–Crippen LogP) is 1.90. The molecule has 116 valence electrons. The lowest BCUT2D eigenvalue weighted by molar-refractivity contribution is -0.168. The van der Waals surface area contributed by atoms with E-state index in [4.69, 9.17) is 0 Å². The Morgan fingerprint density at radius 2 is 1.00 bits per heavy atom. The number of carbonyl (C=O) groups excluding carboxylic acids is 4. The molecule has 0 aromatic heterocycles. The Bertz CT molecular complexity index is 389. The third kappa shape index (κ3) is 4.65. The maximum atomic E-state index is 11.6. The second-order valence-corrected chi connectivity index (χ2v) is 5.73. The summed E-state index contributed by atoms with van der Waals surface area (Å²) in [7, 11) is 0. The van der Waals surface area contributed by atoms with Crippen LogP contribution in [0, 0.1) is 11.8 Å². The quantitative estimate of drug-likeness (QED) is 0.581. The van der Waals surface area contributed by atoms with Crippen molar-refractivity contribution in [1.29, 1.82) is 0 Å². The van der Waals surface area contributed by atoms with E-state index in [1.807, 2.05) is 0 Å². The van der Waals surface area contributed by atoms with Crippen LogP contribution in [0.25, 0.3) is 0 Å². The van der Waals surface area contributed by atoms with Crippen molar-refractivity contribution in [2.75, 3.05) is 0 Å². The SMILES string of the molecule is O=C(CC(=O)OC(=O)C1CCCC1)OC(=O)C1CCCC1. The summed E-state index contributed by atoms with van der Waals surface area (Å²) in [5, 5.41) is 0. The highest BCUT2D eigenvalue weighted by Crippen LogP contribution is 2.26. The van der Waals surface area contributed by atoms with E-state index >= 15 is 0 Å². The number of esters is 4. The van der Waals surface area contributed by atoms with Crippen LogP contribution in [-0.2, 0) is 28.7 Å². The summed E-state index contributed by atoms with van der Waals surface area (Å²) in [6.07, 6.45) is 5.98. The fourth-order valence-corrected chi connectivity index (χ4v) is 2.90. The van der Waals surface area contributed by atoms with Gasteiger partial charge in [-0.15, -0.1) is 0 Å². The summed E-state index contributed by atoms with van der Waals surface area (Å²) in [4.78, 5) is 46.1. The molecule has 0 atom stereocenters. The van der Waals surface area contributed by atoms with E-state index in [-0.39, 0.29) is 11.8 Å². The van der Waals surface area contributed by atoms with Gasteiger partial charge in [-0.05, 0) is 25.7 Å². The van der Waals surface area contributed by atoms with E-state index in [0.717, 1.165) is 51.4 Å². The molecule has 0 spiro atoms. The van der Waals surface area contributed by atoms with Gasteiger partial charge in [-0.25, -0.2) is 0 Å². The topological polar surface area (TPSA) is 86.7 Å². The molecule has 6 heteroatoms. The first kappa shape index (κ1) is 15.7. The van der Waals surface area contributed by atoms with Crippen molar-refractivity contribution < 1.29 is 28.7 Å². The van der Waals surface area contributed by atoms with Gasteiger partial charge in [0.05, 0.1) is 11.8 Å². The Morgan fingerprint density at radius 3 is 1.33 bits per heavy atom. The lowest BCUT2D eigenvalue weighted by Crippen LogP contribution is -2.24. The van der Waals surface area contributed by atoms with Gasteiger partial charge in [0.15, 0.2) is 0 Å². The van der Waals surface area contributed by atoms with Gasteiger partial charge in [0.1, 0.15) is 6.42 Å². The zero-order valence-corrected chi connectivity index (χ0v) is 12.0. The first-order valence-electron chi connectivity index (χ1n) is 7.55. The Kier molecular flexibility index (Phi) is 5.47. The minimum atomic E-state index is -0.948. The fourth-order valence-electron chi connectivity index (χ4n) is 2.90. The molecule has 2 fully saturated rings. The molecule has 0 bridgehead atoms. The van der Waals surface area contributed by atoms with E-state index in [9.17, 15) is 19.2 Å². The first-order chi connectivity index (χ1) is 10.1. The molecule has 0 aromatic rings. The lowest BCUT2D eigenvalue weighted by atomic mass is 10.1. The summed E-state index contributed by atoms with van der Waals surface area (Å²) in [6.45, 7) is 0. The van der Waals surface area contributed by atoms with Gasteiger partial charge in [0, 0.05) is 0 Å². The van der Waals surface area contributed by atoms with Crippen LogP contribution in [0.1, 0.15) is 57.8 Å². The number of hydrogen-bond donors (Lipinski definition) is 0. The number of carbonyl (C=O) groups is 4. The molecule has 0 saturated heterocycles. The fraction of sp³-hybridized carbons (Fsp3) is 0.733. The average molecular weight is 296 g/mol. The molecule has 6 nitrogen and oxygen atoms in total. The minimum absolute atomic E-state index is 0.245. The molecule has 0 aliphatic heterocycles. The molecular weight excluding hydrogens is 276 g/mol. The van der Waals surface area contributed by atoms with Gasteiger partial charge in [-0.1, -0.05) is 25.7 Å². The van der Waals surface area contributed by atoms with Crippen LogP contribution in [0.4, 0.5) is 0 Å². The summed E-state index contributed by atoms with van der Waals surface area (Å²) < 4.78 is 9.24. The zero-order valence-electron chi connectivity index (χ0n) is 12.0. The molecule has 0 N–H and O–H groups in total. The lowest BCUT2D eigenvalue weighted by Gasteiger charge is -2.09. The third-order valence-electron chi connectivity index (χ3n) is 4.09. The van der Waals surface area contributed by atoms with Crippen LogP contribution in [0.2, 0.25) is 0 Å². The van der Waals surface area contributed by atoms with Crippen LogP contribution < -0.4 is 0 Å². The zero-order chi connectivity index (χ0) is 15.2. The summed E-state index contributed by atoms with van der Waals surface area (Å²) >= 11 is 0. The molecule has 2 aliphatic rings. The van der Waals surface area contributed by atoms with E-state index in [1.165, 1.54) is 0 Å². The Labute approximate surface area is 123 Å². The van der Waals surface area contributed by atoms with Crippen molar-refractivity contribution in [3.8, 4) is 0 Å². The second-order valence-electron chi connectivity index (χ2n) is 5.73. The van der Waals surface area contributed by atoms with E-state index < -0.39 is 30.3 Å². The van der Waals surface area contributed by atoms with Crippen LogP contribution in [-0.4, -0.2) is 23.9 Å². The minimum Gasteiger partial charge on any atom is -0.393 e. The molecule has 0 aromatic carbocycles. The van der Waals surface area contributed by atoms with Gasteiger partial charge >= 0.3 is 23.9 Å². The van der Waals surface area contributed by atoms with Crippen molar-refractivity contribution in [3.05, 3.63) is 0 Å². The molecule has 21 heavy (non-hydrogen) atoms. The maximum absolute atomic E-state index is 11.6. The summed E-state index contributed by atoms with van der Waals surface area (Å²) in [5.74, 6) is -3.54. The Balaban J connectivity index is 1.70. The van der Waals surface area contributed by atoms with E-state index in [1.54, 1.807) is 0 Å².